The third-order valence-corrected chi connectivity index (χ3v) is 4.45. The Morgan fingerprint density at radius 2 is 1.95 bits per heavy atom. The van der Waals surface area contributed by atoms with Gasteiger partial charge in [-0.1, -0.05) is 0 Å². The first-order chi connectivity index (χ1) is 9.66. The number of nitrogens with zero attached hydrogens (tertiary/aromatic N) is 1. The molecular formula is C15H25NO4. The van der Waals surface area contributed by atoms with Gasteiger partial charge in [0.1, 0.15) is 0 Å². The number of ether oxygens (including phenoxy) is 1. The van der Waals surface area contributed by atoms with Gasteiger partial charge in [-0.2, -0.15) is 0 Å². The summed E-state index contributed by atoms with van der Waals surface area (Å²) >= 11 is 0. The largest absolute Gasteiger partial charge is 0.481 e. The van der Waals surface area contributed by atoms with Crippen LogP contribution >= 0.6 is 0 Å². The summed E-state index contributed by atoms with van der Waals surface area (Å²) in [6.07, 6.45) is 6.65. The average Bonchev–Trinajstić information content (AvgIpc) is 2.87. The molecule has 0 bridgehead atoms. The van der Waals surface area contributed by atoms with E-state index >= 15 is 0 Å². The molecule has 2 heterocycles. The van der Waals surface area contributed by atoms with Gasteiger partial charge in [-0.15, -0.1) is 0 Å². The second-order valence-corrected chi connectivity index (χ2v) is 5.93. The Labute approximate surface area is 120 Å². The maximum absolute atomic E-state index is 12.2. The van der Waals surface area contributed by atoms with E-state index in [1.165, 1.54) is 0 Å². The molecule has 2 rings (SSSR count). The molecule has 1 N–H and O–H groups in total. The topological polar surface area (TPSA) is 66.8 Å². The molecule has 0 aromatic rings. The van der Waals surface area contributed by atoms with Gasteiger partial charge in [0.25, 0.3) is 0 Å². The van der Waals surface area contributed by atoms with Gasteiger partial charge in [-0.3, -0.25) is 9.59 Å². The average molecular weight is 283 g/mol. The van der Waals surface area contributed by atoms with Crippen LogP contribution in [0.15, 0.2) is 0 Å². The van der Waals surface area contributed by atoms with Crippen molar-refractivity contribution in [2.24, 2.45) is 5.92 Å². The van der Waals surface area contributed by atoms with E-state index < -0.39 is 5.97 Å². The molecule has 2 aliphatic rings. The van der Waals surface area contributed by atoms with Crippen LogP contribution < -0.4 is 0 Å². The summed E-state index contributed by atoms with van der Waals surface area (Å²) in [6, 6.07) is -0.0805. The number of aliphatic carboxylic acids is 1. The quantitative estimate of drug-likeness (QED) is 0.810. The first-order valence-corrected chi connectivity index (χ1v) is 7.76. The molecule has 2 aliphatic heterocycles. The fourth-order valence-electron chi connectivity index (χ4n) is 3.30. The van der Waals surface area contributed by atoms with Gasteiger partial charge in [-0.25, -0.2) is 0 Å². The smallest absolute Gasteiger partial charge is 0.305 e. The summed E-state index contributed by atoms with van der Waals surface area (Å²) in [4.78, 5) is 24.8. The highest BCUT2D eigenvalue weighted by Gasteiger charge is 2.29. The van der Waals surface area contributed by atoms with Crippen molar-refractivity contribution in [1.82, 2.24) is 4.90 Å². The van der Waals surface area contributed by atoms with Crippen LogP contribution in [0.25, 0.3) is 0 Å². The molecule has 1 unspecified atom stereocenters. The van der Waals surface area contributed by atoms with Gasteiger partial charge in [0, 0.05) is 32.2 Å². The van der Waals surface area contributed by atoms with Crippen molar-refractivity contribution in [3.63, 3.8) is 0 Å². The number of hydrogen-bond acceptors (Lipinski definition) is 3. The number of carboxylic acids is 1. The fourth-order valence-corrected chi connectivity index (χ4v) is 3.30. The van der Waals surface area contributed by atoms with Gasteiger partial charge < -0.3 is 14.7 Å². The van der Waals surface area contributed by atoms with Gasteiger partial charge in [-0.05, 0) is 44.4 Å². The summed E-state index contributed by atoms with van der Waals surface area (Å²) in [7, 11) is 0. The molecule has 0 aliphatic carbocycles. The van der Waals surface area contributed by atoms with E-state index in [0.29, 0.717) is 12.3 Å². The minimum absolute atomic E-state index is 0.0805. The molecule has 2 fully saturated rings. The molecule has 2 saturated heterocycles. The number of carbonyl (C=O) groups is 2. The number of carboxylic acid groups (broad SMARTS) is 1. The Hall–Kier alpha value is -1.10. The highest BCUT2D eigenvalue weighted by atomic mass is 16.5. The van der Waals surface area contributed by atoms with E-state index in [1.807, 2.05) is 0 Å². The summed E-state index contributed by atoms with van der Waals surface area (Å²) in [5, 5.41) is 8.87. The van der Waals surface area contributed by atoms with Crippen molar-refractivity contribution in [2.75, 3.05) is 19.8 Å². The third kappa shape index (κ3) is 4.47. The zero-order valence-corrected chi connectivity index (χ0v) is 12.1. The normalized spacial score (nSPS) is 24.0. The standard InChI is InChI=1S/C15H25NO4/c17-14(5-1-3-12-6-9-20-10-7-12)16-8-2-4-13(16)11-15(18)19/h12-13H,1-11H2,(H,18,19). The Morgan fingerprint density at radius 1 is 1.20 bits per heavy atom. The highest BCUT2D eigenvalue weighted by Crippen LogP contribution is 2.24. The van der Waals surface area contributed by atoms with Crippen LogP contribution in [0.2, 0.25) is 0 Å². The summed E-state index contributed by atoms with van der Waals surface area (Å²) in [5.41, 5.74) is 0. The van der Waals surface area contributed by atoms with Gasteiger partial charge in [0.2, 0.25) is 5.91 Å². The van der Waals surface area contributed by atoms with Gasteiger partial charge >= 0.3 is 5.97 Å². The lowest BCUT2D eigenvalue weighted by Crippen LogP contribution is -2.36. The Morgan fingerprint density at radius 3 is 2.65 bits per heavy atom. The molecule has 5 heteroatoms. The lowest BCUT2D eigenvalue weighted by molar-refractivity contribution is -0.139. The maximum Gasteiger partial charge on any atom is 0.305 e. The van der Waals surface area contributed by atoms with E-state index in [0.717, 1.165) is 58.3 Å². The van der Waals surface area contributed by atoms with Gasteiger partial charge in [0.15, 0.2) is 0 Å². The van der Waals surface area contributed by atoms with Crippen LogP contribution in [0.5, 0.6) is 0 Å². The van der Waals surface area contributed by atoms with E-state index in [2.05, 4.69) is 0 Å². The lowest BCUT2D eigenvalue weighted by atomic mass is 9.94. The number of hydrogen-bond donors (Lipinski definition) is 1. The van der Waals surface area contributed by atoms with E-state index in [-0.39, 0.29) is 18.4 Å². The first kappa shape index (κ1) is 15.3. The van der Waals surface area contributed by atoms with E-state index in [4.69, 9.17) is 9.84 Å². The second kappa shape index (κ2) is 7.62. The SMILES string of the molecule is O=C(O)CC1CCCN1C(=O)CCCC1CCOCC1. The Bertz CT molecular complexity index is 339. The molecule has 5 nitrogen and oxygen atoms in total. The third-order valence-electron chi connectivity index (χ3n) is 4.45. The molecule has 1 amide bonds. The molecule has 20 heavy (non-hydrogen) atoms. The van der Waals surface area contributed by atoms with Crippen molar-refractivity contribution < 1.29 is 19.4 Å². The Balaban J connectivity index is 1.69. The van der Waals surface area contributed by atoms with Crippen LogP contribution in [0, 0.1) is 5.92 Å². The minimum Gasteiger partial charge on any atom is -0.481 e. The monoisotopic (exact) mass is 283 g/mol. The first-order valence-electron chi connectivity index (χ1n) is 7.76. The summed E-state index contributed by atoms with van der Waals surface area (Å²) in [5.74, 6) is 0.0302. The van der Waals surface area contributed by atoms with Crippen molar-refractivity contribution in [1.29, 1.82) is 0 Å². The molecule has 0 spiro atoms. The van der Waals surface area contributed by atoms with Crippen LogP contribution in [-0.4, -0.2) is 47.7 Å². The van der Waals surface area contributed by atoms with E-state index in [9.17, 15) is 9.59 Å². The van der Waals surface area contributed by atoms with Crippen molar-refractivity contribution in [3.8, 4) is 0 Å². The zero-order valence-electron chi connectivity index (χ0n) is 12.1. The van der Waals surface area contributed by atoms with Crippen LogP contribution in [-0.2, 0) is 14.3 Å². The van der Waals surface area contributed by atoms with Crippen LogP contribution in [0.4, 0.5) is 0 Å². The Kier molecular flexibility index (Phi) is 5.83. The predicted molar refractivity (Wildman–Crippen MR) is 74.4 cm³/mol. The molecule has 0 radical (unpaired) electrons. The van der Waals surface area contributed by atoms with Crippen LogP contribution in [0.3, 0.4) is 0 Å². The maximum atomic E-state index is 12.2. The van der Waals surface area contributed by atoms with Crippen LogP contribution in [0.1, 0.15) is 51.4 Å². The van der Waals surface area contributed by atoms with E-state index in [1.54, 1.807) is 4.90 Å². The summed E-state index contributed by atoms with van der Waals surface area (Å²) in [6.45, 7) is 2.44. The van der Waals surface area contributed by atoms with Crippen molar-refractivity contribution >= 4 is 11.9 Å². The fraction of sp³-hybridized carbons (Fsp3) is 0.867. The number of rotatable bonds is 6. The van der Waals surface area contributed by atoms with Crippen molar-refractivity contribution in [3.05, 3.63) is 0 Å². The number of amides is 1. The second-order valence-electron chi connectivity index (χ2n) is 5.93. The number of carbonyl (C=O) groups excluding carboxylic acids is 1. The molecule has 1 atom stereocenters. The molecule has 114 valence electrons. The minimum atomic E-state index is -0.808. The highest BCUT2D eigenvalue weighted by molar-refractivity contribution is 5.78. The lowest BCUT2D eigenvalue weighted by Gasteiger charge is -2.25. The number of likely N-dealkylation sites (tertiary alicyclic amines) is 1. The predicted octanol–water partition coefficient (Wildman–Crippen LogP) is 2.05. The summed E-state index contributed by atoms with van der Waals surface area (Å²) < 4.78 is 5.33. The molecule has 0 aromatic carbocycles. The van der Waals surface area contributed by atoms with Crippen molar-refractivity contribution in [2.45, 2.75) is 57.4 Å². The molecule has 0 saturated carbocycles. The molecular weight excluding hydrogens is 258 g/mol. The zero-order chi connectivity index (χ0) is 14.4. The molecule has 0 aromatic heterocycles. The van der Waals surface area contributed by atoms with Gasteiger partial charge in [0.05, 0.1) is 6.42 Å².